The monoisotopic (exact) mass is 347 g/mol. The Kier molecular flexibility index (Phi) is 4.41. The van der Waals surface area contributed by atoms with E-state index >= 15 is 0 Å². The van der Waals surface area contributed by atoms with Crippen molar-refractivity contribution in [3.05, 3.63) is 48.0 Å². The number of hydrogen-bond acceptors (Lipinski definition) is 4. The zero-order chi connectivity index (χ0) is 17.3. The van der Waals surface area contributed by atoms with Gasteiger partial charge >= 0.3 is 0 Å². The molecule has 6 heteroatoms. The van der Waals surface area contributed by atoms with Gasteiger partial charge in [-0.2, -0.15) is 0 Å². The third kappa shape index (κ3) is 2.71. The number of benzene rings is 2. The van der Waals surface area contributed by atoms with Gasteiger partial charge in [-0.05, 0) is 43.5 Å². The first-order valence-electron chi connectivity index (χ1n) is 7.83. The predicted octanol–water partition coefficient (Wildman–Crippen LogP) is 3.23. The minimum absolute atomic E-state index is 0.0991. The summed E-state index contributed by atoms with van der Waals surface area (Å²) in [4.78, 5) is 0.198. The van der Waals surface area contributed by atoms with Gasteiger partial charge in [0, 0.05) is 12.1 Å². The van der Waals surface area contributed by atoms with E-state index in [4.69, 9.17) is 9.47 Å². The topological polar surface area (TPSA) is 55.8 Å². The molecule has 0 N–H and O–H groups in total. The first-order chi connectivity index (χ1) is 11.5. The zero-order valence-electron chi connectivity index (χ0n) is 14.0. The Hall–Kier alpha value is -2.21. The summed E-state index contributed by atoms with van der Waals surface area (Å²) in [5.41, 5.74) is 1.81. The van der Waals surface area contributed by atoms with Crippen molar-refractivity contribution in [2.75, 3.05) is 18.5 Å². The van der Waals surface area contributed by atoms with E-state index in [1.807, 2.05) is 31.2 Å². The number of fused-ring (bicyclic) bond motifs is 1. The van der Waals surface area contributed by atoms with Crippen LogP contribution in [0.1, 0.15) is 18.9 Å². The van der Waals surface area contributed by atoms with E-state index in [9.17, 15) is 8.42 Å². The van der Waals surface area contributed by atoms with Crippen molar-refractivity contribution in [3.63, 3.8) is 0 Å². The van der Waals surface area contributed by atoms with Gasteiger partial charge < -0.3 is 9.47 Å². The molecule has 0 saturated carbocycles. The third-order valence-corrected chi connectivity index (χ3v) is 6.30. The molecule has 0 bridgehead atoms. The normalized spacial score (nSPS) is 17.3. The summed E-state index contributed by atoms with van der Waals surface area (Å²) in [7, 11) is -0.668. The molecule has 0 amide bonds. The lowest BCUT2D eigenvalue weighted by atomic mass is 9.99. The SMILES string of the molecule is COc1ccc(S(=O)(=O)N2c3ccccc3CC[C@@H]2C)cc1OC. The fourth-order valence-corrected chi connectivity index (χ4v) is 4.85. The van der Waals surface area contributed by atoms with Gasteiger partial charge in [0.1, 0.15) is 0 Å². The second-order valence-electron chi connectivity index (χ2n) is 5.83. The van der Waals surface area contributed by atoms with Crippen LogP contribution in [0, 0.1) is 0 Å². The smallest absolute Gasteiger partial charge is 0.264 e. The van der Waals surface area contributed by atoms with E-state index < -0.39 is 10.0 Å². The highest BCUT2D eigenvalue weighted by molar-refractivity contribution is 7.92. The summed E-state index contributed by atoms with van der Waals surface area (Å²) >= 11 is 0. The Balaban J connectivity index is 2.11. The van der Waals surface area contributed by atoms with Gasteiger partial charge in [-0.25, -0.2) is 8.42 Å². The number of ether oxygens (including phenoxy) is 2. The lowest BCUT2D eigenvalue weighted by Crippen LogP contribution is -2.42. The fourth-order valence-electron chi connectivity index (χ4n) is 3.11. The number of anilines is 1. The second-order valence-corrected chi connectivity index (χ2v) is 7.65. The van der Waals surface area contributed by atoms with Crippen LogP contribution in [0.25, 0.3) is 0 Å². The molecular formula is C18H21NO4S. The van der Waals surface area contributed by atoms with Gasteiger partial charge in [-0.1, -0.05) is 18.2 Å². The third-order valence-electron chi connectivity index (χ3n) is 4.37. The number of sulfonamides is 1. The Morgan fingerprint density at radius 3 is 2.46 bits per heavy atom. The maximum Gasteiger partial charge on any atom is 0.264 e. The lowest BCUT2D eigenvalue weighted by Gasteiger charge is -2.36. The van der Waals surface area contributed by atoms with Crippen LogP contribution in [-0.4, -0.2) is 28.7 Å². The number of hydrogen-bond donors (Lipinski definition) is 0. The summed E-state index contributed by atoms with van der Waals surface area (Å²) in [6.07, 6.45) is 1.68. The average Bonchev–Trinajstić information content (AvgIpc) is 2.60. The van der Waals surface area contributed by atoms with Crippen molar-refractivity contribution in [1.29, 1.82) is 0 Å². The number of para-hydroxylation sites is 1. The standard InChI is InChI=1S/C18H21NO4S/c1-13-8-9-14-6-4-5-7-16(14)19(13)24(20,21)15-10-11-17(22-2)18(12-15)23-3/h4-7,10-13H,8-9H2,1-3H3/t13-/m0/s1. The number of aryl methyl sites for hydroxylation is 1. The van der Waals surface area contributed by atoms with Gasteiger partial charge in [0.2, 0.25) is 0 Å². The van der Waals surface area contributed by atoms with Crippen LogP contribution in [0.15, 0.2) is 47.4 Å². The van der Waals surface area contributed by atoms with Crippen LogP contribution in [0.4, 0.5) is 5.69 Å². The van der Waals surface area contributed by atoms with Crippen LogP contribution < -0.4 is 13.8 Å². The molecule has 1 aliphatic heterocycles. The van der Waals surface area contributed by atoms with Gasteiger partial charge in [0.15, 0.2) is 11.5 Å². The fraction of sp³-hybridized carbons (Fsp3) is 0.333. The molecule has 1 aliphatic rings. The molecule has 0 saturated heterocycles. The number of nitrogens with zero attached hydrogens (tertiary/aromatic N) is 1. The van der Waals surface area contributed by atoms with E-state index in [0.29, 0.717) is 11.5 Å². The van der Waals surface area contributed by atoms with Crippen molar-refractivity contribution in [2.24, 2.45) is 0 Å². The van der Waals surface area contributed by atoms with Crippen LogP contribution in [0.5, 0.6) is 11.5 Å². The Bertz CT molecular complexity index is 848. The Morgan fingerprint density at radius 1 is 1.04 bits per heavy atom. The quantitative estimate of drug-likeness (QED) is 0.852. The molecule has 0 aliphatic carbocycles. The minimum atomic E-state index is -3.68. The van der Waals surface area contributed by atoms with Crippen molar-refractivity contribution in [3.8, 4) is 11.5 Å². The second kappa shape index (κ2) is 6.36. The van der Waals surface area contributed by atoms with E-state index in [0.717, 1.165) is 24.1 Å². The maximum atomic E-state index is 13.3. The average molecular weight is 347 g/mol. The van der Waals surface area contributed by atoms with Gasteiger partial charge in [-0.15, -0.1) is 0 Å². The van der Waals surface area contributed by atoms with Crippen LogP contribution in [0.2, 0.25) is 0 Å². The molecular weight excluding hydrogens is 326 g/mol. The number of methoxy groups -OCH3 is 2. The van der Waals surface area contributed by atoms with Gasteiger partial charge in [-0.3, -0.25) is 4.31 Å². The van der Waals surface area contributed by atoms with Crippen LogP contribution in [0.3, 0.4) is 0 Å². The van der Waals surface area contributed by atoms with Crippen molar-refractivity contribution in [1.82, 2.24) is 0 Å². The zero-order valence-corrected chi connectivity index (χ0v) is 14.8. The highest BCUT2D eigenvalue weighted by Crippen LogP contribution is 2.37. The summed E-state index contributed by atoms with van der Waals surface area (Å²) < 4.78 is 38.5. The molecule has 0 spiro atoms. The predicted molar refractivity (Wildman–Crippen MR) is 93.4 cm³/mol. The first kappa shape index (κ1) is 16.6. The molecule has 5 nitrogen and oxygen atoms in total. The van der Waals surface area contributed by atoms with Crippen LogP contribution in [-0.2, 0) is 16.4 Å². The summed E-state index contributed by atoms with van der Waals surface area (Å²) in [5.74, 6) is 0.903. The molecule has 0 aromatic heterocycles. The van der Waals surface area contributed by atoms with E-state index in [2.05, 4.69) is 0 Å². The van der Waals surface area contributed by atoms with E-state index in [-0.39, 0.29) is 10.9 Å². The van der Waals surface area contributed by atoms with Gasteiger partial charge in [0.05, 0.1) is 24.8 Å². The summed E-state index contributed by atoms with van der Waals surface area (Å²) in [6, 6.07) is 12.2. The maximum absolute atomic E-state index is 13.3. The van der Waals surface area contributed by atoms with Crippen molar-refractivity contribution < 1.29 is 17.9 Å². The largest absolute Gasteiger partial charge is 0.493 e. The molecule has 1 atom stereocenters. The van der Waals surface area contributed by atoms with E-state index in [1.54, 1.807) is 12.1 Å². The molecule has 128 valence electrons. The van der Waals surface area contributed by atoms with Gasteiger partial charge in [0.25, 0.3) is 10.0 Å². The summed E-state index contributed by atoms with van der Waals surface area (Å²) in [6.45, 7) is 1.94. The first-order valence-corrected chi connectivity index (χ1v) is 9.27. The Morgan fingerprint density at radius 2 is 1.75 bits per heavy atom. The molecule has 0 unspecified atom stereocenters. The molecule has 24 heavy (non-hydrogen) atoms. The van der Waals surface area contributed by atoms with Crippen molar-refractivity contribution in [2.45, 2.75) is 30.7 Å². The minimum Gasteiger partial charge on any atom is -0.493 e. The molecule has 1 heterocycles. The summed E-state index contributed by atoms with van der Waals surface area (Å²) in [5, 5.41) is 0. The van der Waals surface area contributed by atoms with Crippen molar-refractivity contribution >= 4 is 15.7 Å². The molecule has 0 radical (unpaired) electrons. The molecule has 2 aromatic rings. The highest BCUT2D eigenvalue weighted by Gasteiger charge is 2.34. The number of rotatable bonds is 4. The Labute approximate surface area is 142 Å². The molecule has 2 aromatic carbocycles. The highest BCUT2D eigenvalue weighted by atomic mass is 32.2. The molecule has 0 fully saturated rings. The molecule has 3 rings (SSSR count). The van der Waals surface area contributed by atoms with Crippen LogP contribution >= 0.6 is 0 Å². The van der Waals surface area contributed by atoms with E-state index in [1.165, 1.54) is 24.6 Å². The lowest BCUT2D eigenvalue weighted by molar-refractivity contribution is 0.354.